The van der Waals surface area contributed by atoms with E-state index in [4.69, 9.17) is 0 Å². The molecule has 0 amide bonds. The van der Waals surface area contributed by atoms with E-state index in [0.29, 0.717) is 0 Å². The number of unbranched alkanes of at least 4 members (excludes halogenated alkanes) is 1. The quantitative estimate of drug-likeness (QED) is 0.0905. The molecule has 0 spiro atoms. The average molecular weight is 609 g/mol. The van der Waals surface area contributed by atoms with E-state index in [1.807, 2.05) is 0 Å². The number of benzene rings is 6. The smallest absolute Gasteiger partial charge is 0.0622 e. The molecule has 0 aliphatic rings. The third kappa shape index (κ3) is 6.94. The number of hydrogen-bond donors (Lipinski definition) is 0. The number of rotatable bonds is 13. The highest BCUT2D eigenvalue weighted by atomic mass is 31.2. The van der Waals surface area contributed by atoms with E-state index in [1.165, 1.54) is 57.5 Å². The van der Waals surface area contributed by atoms with Gasteiger partial charge in [0.05, 0.1) is 60.4 Å². The summed E-state index contributed by atoms with van der Waals surface area (Å²) in [6, 6.07) is 68.0. The molecule has 0 bridgehead atoms. The van der Waals surface area contributed by atoms with Crippen molar-refractivity contribution in [3.63, 3.8) is 0 Å². The minimum absolute atomic E-state index is 1.10. The first-order valence-corrected chi connectivity index (χ1v) is 20.1. The van der Waals surface area contributed by atoms with Crippen LogP contribution in [0.1, 0.15) is 24.0 Å². The fraction of sp³-hybridized carbons (Fsp3) is 0.143. The van der Waals surface area contributed by atoms with Crippen molar-refractivity contribution in [2.75, 3.05) is 12.3 Å². The summed E-state index contributed by atoms with van der Waals surface area (Å²) < 4.78 is 0. The highest BCUT2D eigenvalue weighted by Gasteiger charge is 2.45. The molecule has 0 unspecified atom stereocenters. The second-order valence-electron chi connectivity index (χ2n) is 11.7. The topological polar surface area (TPSA) is 0 Å². The Balaban J connectivity index is 1.36. The van der Waals surface area contributed by atoms with Crippen LogP contribution >= 0.6 is 14.5 Å². The third-order valence-electron chi connectivity index (χ3n) is 8.92. The van der Waals surface area contributed by atoms with E-state index < -0.39 is 14.5 Å². The summed E-state index contributed by atoms with van der Waals surface area (Å²) in [5.41, 5.74) is 2.88. The minimum Gasteiger partial charge on any atom is -0.0622 e. The van der Waals surface area contributed by atoms with E-state index in [-0.39, 0.29) is 0 Å². The zero-order valence-corrected chi connectivity index (χ0v) is 27.2. The molecule has 0 radical (unpaired) electrons. The summed E-state index contributed by atoms with van der Waals surface area (Å²) >= 11 is 0. The van der Waals surface area contributed by atoms with Crippen LogP contribution in [0.5, 0.6) is 0 Å². The SMILES string of the molecule is c1ccc(C[P+](CCCC[P+](Cc2ccccc2)(c2ccccc2)c2ccccc2)(c2ccccc2)c2ccccc2)cc1. The van der Waals surface area contributed by atoms with Gasteiger partial charge >= 0.3 is 0 Å². The maximum absolute atomic E-state index is 2.39. The van der Waals surface area contributed by atoms with Crippen molar-refractivity contribution in [3.8, 4) is 0 Å². The van der Waals surface area contributed by atoms with Gasteiger partial charge in [-0.25, -0.2) is 0 Å². The zero-order valence-electron chi connectivity index (χ0n) is 25.5. The molecule has 0 nitrogen and oxygen atoms in total. The first-order chi connectivity index (χ1) is 21.8. The lowest BCUT2D eigenvalue weighted by Crippen LogP contribution is -2.28. The Labute approximate surface area is 265 Å². The van der Waals surface area contributed by atoms with Crippen molar-refractivity contribution in [2.45, 2.75) is 25.2 Å². The molecular weight excluding hydrogens is 566 g/mol. The zero-order chi connectivity index (χ0) is 29.9. The second-order valence-corrected chi connectivity index (χ2v) is 19.2. The molecule has 0 heterocycles. The van der Waals surface area contributed by atoms with Crippen LogP contribution in [0.25, 0.3) is 0 Å². The summed E-state index contributed by atoms with van der Waals surface area (Å²) in [6.45, 7) is 0. The largest absolute Gasteiger partial charge is 0.0995 e. The molecule has 0 atom stereocenters. The predicted molar refractivity (Wildman–Crippen MR) is 197 cm³/mol. The normalized spacial score (nSPS) is 11.7. The van der Waals surface area contributed by atoms with Gasteiger partial charge in [-0.3, -0.25) is 0 Å². The van der Waals surface area contributed by atoms with Crippen LogP contribution in [0.2, 0.25) is 0 Å². The summed E-state index contributed by atoms with van der Waals surface area (Å²) in [5.74, 6) is 0. The lowest BCUT2D eigenvalue weighted by Gasteiger charge is -2.30. The Morgan fingerprint density at radius 2 is 0.500 bits per heavy atom. The molecule has 0 N–H and O–H groups in total. The van der Waals surface area contributed by atoms with Crippen LogP contribution < -0.4 is 21.2 Å². The summed E-state index contributed by atoms with van der Waals surface area (Å²) in [6.07, 6.45) is 7.05. The monoisotopic (exact) mass is 608 g/mol. The van der Waals surface area contributed by atoms with Gasteiger partial charge in [-0.1, -0.05) is 133 Å². The Bertz CT molecular complexity index is 1460. The van der Waals surface area contributed by atoms with E-state index in [0.717, 1.165) is 12.3 Å². The first-order valence-electron chi connectivity index (χ1n) is 15.8. The molecule has 0 fully saturated rings. The molecule has 218 valence electrons. The lowest BCUT2D eigenvalue weighted by atomic mass is 10.2. The third-order valence-corrected chi connectivity index (χ3v) is 18.0. The van der Waals surface area contributed by atoms with E-state index in [2.05, 4.69) is 182 Å². The van der Waals surface area contributed by atoms with Crippen LogP contribution in [-0.4, -0.2) is 12.3 Å². The average Bonchev–Trinajstić information content (AvgIpc) is 3.11. The van der Waals surface area contributed by atoms with Gasteiger partial charge in [0, 0.05) is 0 Å². The minimum atomic E-state index is -1.70. The van der Waals surface area contributed by atoms with Gasteiger partial charge in [-0.05, 0) is 72.5 Å². The van der Waals surface area contributed by atoms with Crippen molar-refractivity contribution in [3.05, 3.63) is 193 Å². The van der Waals surface area contributed by atoms with E-state index in [9.17, 15) is 0 Å². The van der Waals surface area contributed by atoms with Crippen molar-refractivity contribution >= 4 is 35.7 Å². The van der Waals surface area contributed by atoms with Crippen LogP contribution in [0.3, 0.4) is 0 Å². The standard InChI is InChI=1S/C42H42P2/c1-7-21-37(22-8-1)35-43(39-25-11-3-12-26-39,40-27-13-4-14-28-40)33-19-20-34-44(41-29-15-5-16-30-41,42-31-17-6-18-32-42)36-38-23-9-2-10-24-38/h1-18,21-32H,19-20,33-36H2/q+2. The lowest BCUT2D eigenvalue weighted by molar-refractivity contribution is 0.891. The van der Waals surface area contributed by atoms with Crippen LogP contribution in [-0.2, 0) is 12.3 Å². The van der Waals surface area contributed by atoms with Crippen molar-refractivity contribution < 1.29 is 0 Å². The van der Waals surface area contributed by atoms with Gasteiger partial charge < -0.3 is 0 Å². The Kier molecular flexibility index (Phi) is 10.1. The Morgan fingerprint density at radius 3 is 0.750 bits per heavy atom. The molecular formula is C42H42P2+2. The summed E-state index contributed by atoms with van der Waals surface area (Å²) in [7, 11) is -3.41. The maximum atomic E-state index is 2.39. The summed E-state index contributed by atoms with van der Waals surface area (Å²) in [5, 5.41) is 6.08. The van der Waals surface area contributed by atoms with Gasteiger partial charge in [0.15, 0.2) is 0 Å². The molecule has 6 aromatic rings. The molecule has 6 aromatic carbocycles. The highest BCUT2D eigenvalue weighted by molar-refractivity contribution is 7.89. The van der Waals surface area contributed by atoms with E-state index >= 15 is 0 Å². The molecule has 44 heavy (non-hydrogen) atoms. The van der Waals surface area contributed by atoms with Crippen LogP contribution in [0.4, 0.5) is 0 Å². The fourth-order valence-electron chi connectivity index (χ4n) is 6.74. The fourth-order valence-corrected chi connectivity index (χ4v) is 15.6. The van der Waals surface area contributed by atoms with Gasteiger partial charge in [0.1, 0.15) is 0 Å². The van der Waals surface area contributed by atoms with Crippen LogP contribution in [0, 0.1) is 0 Å². The Hall–Kier alpha value is -3.82. The predicted octanol–water partition coefficient (Wildman–Crippen LogP) is 9.50. The molecule has 6 rings (SSSR count). The van der Waals surface area contributed by atoms with Gasteiger partial charge in [0.25, 0.3) is 0 Å². The molecule has 0 aliphatic heterocycles. The van der Waals surface area contributed by atoms with Crippen molar-refractivity contribution in [1.82, 2.24) is 0 Å². The highest BCUT2D eigenvalue weighted by Crippen LogP contribution is 2.62. The first kappa shape index (κ1) is 30.2. The maximum Gasteiger partial charge on any atom is 0.0995 e. The Morgan fingerprint density at radius 1 is 0.273 bits per heavy atom. The van der Waals surface area contributed by atoms with Gasteiger partial charge in [-0.2, -0.15) is 0 Å². The summed E-state index contributed by atoms with van der Waals surface area (Å²) in [4.78, 5) is 0. The molecule has 0 aliphatic carbocycles. The van der Waals surface area contributed by atoms with Gasteiger partial charge in [-0.15, -0.1) is 0 Å². The number of hydrogen-bond acceptors (Lipinski definition) is 0. The molecule has 2 heteroatoms. The van der Waals surface area contributed by atoms with Crippen molar-refractivity contribution in [1.29, 1.82) is 0 Å². The van der Waals surface area contributed by atoms with Crippen molar-refractivity contribution in [2.24, 2.45) is 0 Å². The van der Waals surface area contributed by atoms with E-state index in [1.54, 1.807) is 0 Å². The molecule has 0 aromatic heterocycles. The van der Waals surface area contributed by atoms with Gasteiger partial charge in [0.2, 0.25) is 0 Å². The second kappa shape index (κ2) is 14.8. The van der Waals surface area contributed by atoms with Crippen LogP contribution in [0.15, 0.2) is 182 Å². The molecule has 0 saturated carbocycles. The molecule has 0 saturated heterocycles.